The van der Waals surface area contributed by atoms with E-state index in [0.29, 0.717) is 0 Å². The number of hydrogen-bond donors (Lipinski definition) is 0. The van der Waals surface area contributed by atoms with E-state index in [1.165, 1.54) is 59.8 Å². The Labute approximate surface area is 219 Å². The topological polar surface area (TPSA) is 0 Å². The van der Waals surface area contributed by atoms with Gasteiger partial charge in [0.2, 0.25) is 0 Å². The summed E-state index contributed by atoms with van der Waals surface area (Å²) in [6, 6.07) is 22.7. The van der Waals surface area contributed by atoms with E-state index < -0.39 is 0 Å². The van der Waals surface area contributed by atoms with Gasteiger partial charge in [-0.05, 0) is 101 Å². The van der Waals surface area contributed by atoms with Crippen LogP contribution >= 0.6 is 77.2 Å². The molecule has 0 N–H and O–H groups in total. The number of halogens is 2. The second kappa shape index (κ2) is 8.82. The van der Waals surface area contributed by atoms with Gasteiger partial charge >= 0.3 is 0 Å². The molecule has 0 fully saturated rings. The first kappa shape index (κ1) is 21.3. The Kier molecular flexibility index (Phi) is 5.86. The second-order valence-corrected chi connectivity index (χ2v) is 13.7. The maximum absolute atomic E-state index is 3.67. The van der Waals surface area contributed by atoms with E-state index in [0.717, 1.165) is 12.8 Å². The highest BCUT2D eigenvalue weighted by Gasteiger charge is 2.10. The summed E-state index contributed by atoms with van der Waals surface area (Å²) in [6.45, 7) is 0. The molecule has 0 aliphatic rings. The SMILES string of the molecule is Brc1ccsc1Cc1cc2ccc(-c3ccc4cc(Cc5sccc5Br)sc4c3)cc2s1. The molecule has 0 aliphatic heterocycles. The van der Waals surface area contributed by atoms with E-state index in [4.69, 9.17) is 0 Å². The third kappa shape index (κ3) is 4.17. The third-order valence-electron chi connectivity index (χ3n) is 5.53. The van der Waals surface area contributed by atoms with Gasteiger partial charge in [0.15, 0.2) is 0 Å². The van der Waals surface area contributed by atoms with Crippen LogP contribution in [0.3, 0.4) is 0 Å². The van der Waals surface area contributed by atoms with Crippen LogP contribution in [0, 0.1) is 0 Å². The Balaban J connectivity index is 1.30. The van der Waals surface area contributed by atoms with Gasteiger partial charge in [0.05, 0.1) is 0 Å². The Morgan fingerprint density at radius 3 is 1.44 bits per heavy atom. The van der Waals surface area contributed by atoms with Gasteiger partial charge in [-0.15, -0.1) is 45.3 Å². The lowest BCUT2D eigenvalue weighted by Crippen LogP contribution is -1.78. The molecule has 0 aliphatic carbocycles. The van der Waals surface area contributed by atoms with Crippen molar-refractivity contribution in [2.75, 3.05) is 0 Å². The minimum Gasteiger partial charge on any atom is -0.147 e. The van der Waals surface area contributed by atoms with Gasteiger partial charge in [-0.2, -0.15) is 0 Å². The average Bonchev–Trinajstić information content (AvgIpc) is 3.56. The first-order valence-corrected chi connectivity index (χ1v) is 15.1. The molecule has 0 atom stereocenters. The highest BCUT2D eigenvalue weighted by molar-refractivity contribution is 9.10. The van der Waals surface area contributed by atoms with Crippen molar-refractivity contribution in [2.24, 2.45) is 0 Å². The van der Waals surface area contributed by atoms with E-state index in [1.54, 1.807) is 0 Å². The monoisotopic (exact) mass is 614 g/mol. The minimum absolute atomic E-state index is 0.997. The molecule has 4 heterocycles. The standard InChI is InChI=1S/C26H16Br2S4/c27-21-5-7-29-25(21)13-19-9-17-3-1-15(11-23(17)31-19)16-2-4-18-10-20(32-24(18)12-16)14-26-22(28)6-8-30-26/h1-12H,13-14H2. The molecule has 4 aromatic heterocycles. The smallest absolute Gasteiger partial charge is 0.0351 e. The fourth-order valence-corrected chi connectivity index (χ4v) is 9.37. The molecule has 0 bridgehead atoms. The largest absolute Gasteiger partial charge is 0.147 e. The fourth-order valence-electron chi connectivity index (χ4n) is 3.92. The zero-order valence-electron chi connectivity index (χ0n) is 16.7. The molecule has 6 heteroatoms. The summed E-state index contributed by atoms with van der Waals surface area (Å²) in [7, 11) is 0. The highest BCUT2D eigenvalue weighted by atomic mass is 79.9. The maximum atomic E-state index is 3.67. The molecule has 0 unspecified atom stereocenters. The molecular formula is C26H16Br2S4. The molecule has 158 valence electrons. The summed E-state index contributed by atoms with van der Waals surface area (Å²) < 4.78 is 5.16. The van der Waals surface area contributed by atoms with Crippen LogP contribution in [-0.4, -0.2) is 0 Å². The molecule has 6 rings (SSSR count). The number of thiophene rings is 4. The number of rotatable bonds is 5. The van der Waals surface area contributed by atoms with Crippen molar-refractivity contribution < 1.29 is 0 Å². The number of fused-ring (bicyclic) bond motifs is 2. The lowest BCUT2D eigenvalue weighted by molar-refractivity contribution is 1.29. The van der Waals surface area contributed by atoms with Crippen LogP contribution in [0.4, 0.5) is 0 Å². The molecular weight excluding hydrogens is 600 g/mol. The second-order valence-electron chi connectivity index (χ2n) is 7.67. The van der Waals surface area contributed by atoms with Gasteiger partial charge in [0.1, 0.15) is 0 Å². The average molecular weight is 616 g/mol. The summed E-state index contributed by atoms with van der Waals surface area (Å²) in [5, 5.41) is 6.97. The van der Waals surface area contributed by atoms with Gasteiger partial charge in [0.25, 0.3) is 0 Å². The van der Waals surface area contributed by atoms with Crippen molar-refractivity contribution in [3.05, 3.63) is 99.9 Å². The predicted molar refractivity (Wildman–Crippen MR) is 152 cm³/mol. The van der Waals surface area contributed by atoms with Crippen molar-refractivity contribution in [2.45, 2.75) is 12.8 Å². The summed E-state index contributed by atoms with van der Waals surface area (Å²) in [5.74, 6) is 0. The van der Waals surface area contributed by atoms with E-state index in [2.05, 4.69) is 103 Å². The predicted octanol–water partition coefficient (Wildman–Crippen LogP) is 10.6. The van der Waals surface area contributed by atoms with Crippen molar-refractivity contribution >= 4 is 97.4 Å². The quantitative estimate of drug-likeness (QED) is 0.181. The fraction of sp³-hybridized carbons (Fsp3) is 0.0769. The van der Waals surface area contributed by atoms with Crippen LogP contribution in [0.2, 0.25) is 0 Å². The van der Waals surface area contributed by atoms with Gasteiger partial charge in [-0.3, -0.25) is 0 Å². The summed E-state index contributed by atoms with van der Waals surface area (Å²) in [6.07, 6.45) is 1.99. The summed E-state index contributed by atoms with van der Waals surface area (Å²) in [4.78, 5) is 5.62. The molecule has 0 nitrogen and oxygen atoms in total. The molecule has 0 amide bonds. The van der Waals surface area contributed by atoms with Crippen LogP contribution in [0.5, 0.6) is 0 Å². The molecule has 32 heavy (non-hydrogen) atoms. The highest BCUT2D eigenvalue weighted by Crippen LogP contribution is 2.37. The van der Waals surface area contributed by atoms with Crippen molar-refractivity contribution in [3.8, 4) is 11.1 Å². The zero-order chi connectivity index (χ0) is 21.7. The van der Waals surface area contributed by atoms with E-state index in [-0.39, 0.29) is 0 Å². The molecule has 0 saturated heterocycles. The summed E-state index contributed by atoms with van der Waals surface area (Å²) in [5.41, 5.74) is 2.59. The molecule has 6 aromatic rings. The maximum Gasteiger partial charge on any atom is 0.0351 e. The Hall–Kier alpha value is -1.28. The minimum atomic E-state index is 0.997. The van der Waals surface area contributed by atoms with Crippen LogP contribution in [0.15, 0.2) is 80.4 Å². The third-order valence-corrected chi connectivity index (χ3v) is 11.6. The summed E-state index contributed by atoms with van der Waals surface area (Å²) >= 11 is 14.8. The number of benzene rings is 2. The first-order valence-electron chi connectivity index (χ1n) is 10.1. The van der Waals surface area contributed by atoms with Crippen molar-refractivity contribution in [1.29, 1.82) is 0 Å². The van der Waals surface area contributed by atoms with Crippen molar-refractivity contribution in [1.82, 2.24) is 0 Å². The Morgan fingerprint density at radius 1 is 0.562 bits per heavy atom. The molecule has 0 saturated carbocycles. The van der Waals surface area contributed by atoms with Gasteiger partial charge in [-0.25, -0.2) is 0 Å². The number of hydrogen-bond acceptors (Lipinski definition) is 4. The Morgan fingerprint density at radius 2 is 1.03 bits per heavy atom. The normalized spacial score (nSPS) is 11.7. The Bertz CT molecular complexity index is 1450. The van der Waals surface area contributed by atoms with Gasteiger partial charge < -0.3 is 0 Å². The zero-order valence-corrected chi connectivity index (χ0v) is 23.2. The van der Waals surface area contributed by atoms with Crippen LogP contribution in [0.1, 0.15) is 19.5 Å². The van der Waals surface area contributed by atoms with Crippen LogP contribution in [0.25, 0.3) is 31.3 Å². The lowest BCUT2D eigenvalue weighted by atomic mass is 10.0. The van der Waals surface area contributed by atoms with Gasteiger partial charge in [-0.1, -0.05) is 24.3 Å². The van der Waals surface area contributed by atoms with Gasteiger partial charge in [0, 0.05) is 50.7 Å². The molecule has 2 aromatic carbocycles. The van der Waals surface area contributed by atoms with E-state index in [9.17, 15) is 0 Å². The van der Waals surface area contributed by atoms with E-state index >= 15 is 0 Å². The van der Waals surface area contributed by atoms with Crippen LogP contribution < -0.4 is 0 Å². The molecule has 0 radical (unpaired) electrons. The van der Waals surface area contributed by atoms with Crippen molar-refractivity contribution in [3.63, 3.8) is 0 Å². The lowest BCUT2D eigenvalue weighted by Gasteiger charge is -2.02. The van der Waals surface area contributed by atoms with E-state index in [1.807, 2.05) is 45.3 Å². The van der Waals surface area contributed by atoms with Crippen LogP contribution in [-0.2, 0) is 12.8 Å². The molecule has 0 spiro atoms. The first-order chi connectivity index (χ1) is 15.6.